The Bertz CT molecular complexity index is 2220. The number of carboxylic acid groups (broad SMARTS) is 2. The van der Waals surface area contributed by atoms with E-state index >= 15 is 0 Å². The van der Waals surface area contributed by atoms with E-state index < -0.39 is 11.9 Å². The summed E-state index contributed by atoms with van der Waals surface area (Å²) in [4.78, 5) is 38.1. The van der Waals surface area contributed by atoms with Crippen LogP contribution in [0.25, 0.3) is 58.5 Å². The fourth-order valence-electron chi connectivity index (χ4n) is 5.36. The highest BCUT2D eigenvalue weighted by molar-refractivity contribution is 7.31. The van der Waals surface area contributed by atoms with Gasteiger partial charge in [0.25, 0.3) is 0 Å². The summed E-state index contributed by atoms with van der Waals surface area (Å²) < 4.78 is 0. The minimum Gasteiger partial charge on any atom is -0.481 e. The van der Waals surface area contributed by atoms with E-state index in [9.17, 15) is 19.8 Å². The highest BCUT2D eigenvalue weighted by Gasteiger charge is 2.20. The molecule has 0 atom stereocenters. The lowest BCUT2D eigenvalue weighted by Crippen LogP contribution is -1.99. The van der Waals surface area contributed by atoms with Gasteiger partial charge in [0.2, 0.25) is 0 Å². The lowest BCUT2D eigenvalue weighted by atomic mass is 10.1. The number of aliphatic carboxylic acids is 2. The molecule has 2 N–H and O–H groups in total. The van der Waals surface area contributed by atoms with Crippen LogP contribution in [0.2, 0.25) is 0 Å². The molecule has 0 saturated heterocycles. The molecular weight excluding hydrogens is 709 g/mol. The topological polar surface area (TPSA) is 74.6 Å². The summed E-state index contributed by atoms with van der Waals surface area (Å²) in [7, 11) is 0. The van der Waals surface area contributed by atoms with Crippen LogP contribution in [0.5, 0.6) is 0 Å². The van der Waals surface area contributed by atoms with Crippen molar-refractivity contribution in [2.24, 2.45) is 0 Å². The summed E-state index contributed by atoms with van der Waals surface area (Å²) in [5.41, 5.74) is 4.21. The lowest BCUT2D eigenvalue weighted by Gasteiger charge is -1.98. The third kappa shape index (κ3) is 6.25. The molecule has 0 bridgehead atoms. The molecule has 0 aliphatic heterocycles. The van der Waals surface area contributed by atoms with Crippen LogP contribution in [-0.2, 0) is 22.4 Å². The average Bonchev–Trinajstić information content (AvgIpc) is 3.83. The Morgan fingerprint density at radius 3 is 1.57 bits per heavy atom. The number of carbonyl (C=O) groups is 2. The monoisotopic (exact) mass is 734 g/mol. The van der Waals surface area contributed by atoms with E-state index in [1.807, 2.05) is 13.0 Å². The molecule has 0 aliphatic carbocycles. The minimum atomic E-state index is -0.825. The average molecular weight is 735 g/mol. The van der Waals surface area contributed by atoms with Gasteiger partial charge in [-0.05, 0) is 109 Å². The van der Waals surface area contributed by atoms with Crippen LogP contribution in [0.1, 0.15) is 27.1 Å². The summed E-state index contributed by atoms with van der Waals surface area (Å²) in [6.45, 7) is 6.29. The van der Waals surface area contributed by atoms with Gasteiger partial charge in [0, 0.05) is 63.4 Å². The Kier molecular flexibility index (Phi) is 8.75. The van der Waals surface area contributed by atoms with Crippen molar-refractivity contribution in [1.29, 1.82) is 0 Å². The van der Waals surface area contributed by atoms with Crippen molar-refractivity contribution in [1.82, 2.24) is 0 Å². The van der Waals surface area contributed by atoms with Crippen molar-refractivity contribution in [2.45, 2.75) is 33.6 Å². The van der Waals surface area contributed by atoms with E-state index in [4.69, 9.17) is 0 Å². The second-order valence-corrected chi connectivity index (χ2v) is 18.4. The van der Waals surface area contributed by atoms with E-state index in [0.717, 1.165) is 45.3 Å². The molecule has 4 nitrogen and oxygen atoms in total. The zero-order valence-corrected chi connectivity index (χ0v) is 30.5. The molecule has 7 aromatic heterocycles. The number of carboxylic acids is 2. The summed E-state index contributed by atoms with van der Waals surface area (Å²) in [5.74, 6) is -1.64. The van der Waals surface area contributed by atoms with Gasteiger partial charge in [0.1, 0.15) is 0 Å². The predicted molar refractivity (Wildman–Crippen MR) is 201 cm³/mol. The molecule has 0 saturated carbocycles. The standard InChI is InChI=1S/C35H26O4S7/c1-17-10-11-40-32(17)24-6-8-27(43-24)35-21(16-31(38)39)14-29(46-35)23-5-4-22(42-23)28-12-18(2)33(45-28)25-7-9-26(44-25)34-20(15-30(36)37)13-19(3)41-34/h4-14H,15-16H2,1-3H3,(H,36,37)(H,38,39). The zero-order chi connectivity index (χ0) is 32.1. The first-order valence-electron chi connectivity index (χ1n) is 14.2. The van der Waals surface area contributed by atoms with Gasteiger partial charge in [-0.25, -0.2) is 0 Å². The van der Waals surface area contributed by atoms with Crippen molar-refractivity contribution >= 4 is 91.3 Å². The van der Waals surface area contributed by atoms with Gasteiger partial charge in [-0.2, -0.15) is 0 Å². The van der Waals surface area contributed by atoms with E-state index in [-0.39, 0.29) is 12.8 Å². The van der Waals surface area contributed by atoms with Crippen LogP contribution in [0, 0.1) is 20.8 Å². The summed E-state index contributed by atoms with van der Waals surface area (Å²) in [5, 5.41) is 21.2. The van der Waals surface area contributed by atoms with Gasteiger partial charge in [-0.15, -0.1) is 79.4 Å². The van der Waals surface area contributed by atoms with Crippen molar-refractivity contribution in [3.05, 3.63) is 93.2 Å². The first-order chi connectivity index (χ1) is 22.1. The van der Waals surface area contributed by atoms with Gasteiger partial charge >= 0.3 is 11.9 Å². The molecule has 232 valence electrons. The molecule has 0 unspecified atom stereocenters. The molecule has 46 heavy (non-hydrogen) atoms. The van der Waals surface area contributed by atoms with Crippen LogP contribution in [0.3, 0.4) is 0 Å². The molecule has 7 heterocycles. The number of hydrogen-bond donors (Lipinski definition) is 2. The maximum atomic E-state index is 11.8. The Morgan fingerprint density at radius 2 is 0.978 bits per heavy atom. The molecule has 0 amide bonds. The summed E-state index contributed by atoms with van der Waals surface area (Å²) in [6.07, 6.45) is 0.0248. The normalized spacial score (nSPS) is 11.5. The van der Waals surface area contributed by atoms with Gasteiger partial charge in [0.05, 0.1) is 12.8 Å². The van der Waals surface area contributed by atoms with E-state index in [1.165, 1.54) is 40.4 Å². The number of rotatable bonds is 10. The molecule has 0 spiro atoms. The Balaban J connectivity index is 1.17. The fourth-order valence-corrected chi connectivity index (χ4v) is 13.5. The fraction of sp³-hybridized carbons (Fsp3) is 0.143. The van der Waals surface area contributed by atoms with Crippen molar-refractivity contribution in [2.75, 3.05) is 0 Å². The molecule has 0 aromatic carbocycles. The first kappa shape index (κ1) is 31.4. The molecule has 7 rings (SSSR count). The van der Waals surface area contributed by atoms with Crippen molar-refractivity contribution in [3.63, 3.8) is 0 Å². The quantitative estimate of drug-likeness (QED) is 0.147. The highest BCUT2D eigenvalue weighted by atomic mass is 32.1. The molecular formula is C35H26O4S7. The number of hydrogen-bond acceptors (Lipinski definition) is 9. The van der Waals surface area contributed by atoms with Crippen molar-refractivity contribution < 1.29 is 19.8 Å². The van der Waals surface area contributed by atoms with Crippen LogP contribution in [-0.4, -0.2) is 22.2 Å². The Labute approximate surface area is 294 Å². The van der Waals surface area contributed by atoms with Crippen LogP contribution in [0.4, 0.5) is 0 Å². The van der Waals surface area contributed by atoms with Gasteiger partial charge in [0.15, 0.2) is 0 Å². The molecule has 7 aromatic rings. The maximum Gasteiger partial charge on any atom is 0.307 e. The third-order valence-electron chi connectivity index (χ3n) is 7.40. The van der Waals surface area contributed by atoms with Crippen LogP contribution >= 0.6 is 79.4 Å². The summed E-state index contributed by atoms with van der Waals surface area (Å²) in [6, 6.07) is 21.3. The van der Waals surface area contributed by atoms with Gasteiger partial charge in [-0.1, -0.05) is 0 Å². The smallest absolute Gasteiger partial charge is 0.307 e. The molecule has 0 radical (unpaired) electrons. The highest BCUT2D eigenvalue weighted by Crippen LogP contribution is 2.49. The molecule has 0 fully saturated rings. The third-order valence-corrected chi connectivity index (χ3v) is 16.3. The van der Waals surface area contributed by atoms with E-state index in [2.05, 4.69) is 73.8 Å². The largest absolute Gasteiger partial charge is 0.481 e. The lowest BCUT2D eigenvalue weighted by molar-refractivity contribution is -0.137. The second kappa shape index (κ2) is 12.8. The second-order valence-electron chi connectivity index (χ2n) is 10.9. The van der Waals surface area contributed by atoms with E-state index in [0.29, 0.717) is 0 Å². The first-order valence-corrected chi connectivity index (χ1v) is 20.0. The van der Waals surface area contributed by atoms with Gasteiger partial charge < -0.3 is 10.2 Å². The van der Waals surface area contributed by atoms with Gasteiger partial charge in [-0.3, -0.25) is 9.59 Å². The maximum absolute atomic E-state index is 11.8. The number of thiophene rings is 7. The van der Waals surface area contributed by atoms with E-state index in [1.54, 1.807) is 79.4 Å². The Hall–Kier alpha value is -3.16. The molecule has 11 heteroatoms. The predicted octanol–water partition coefficient (Wildman–Crippen LogP) is 12.3. The summed E-state index contributed by atoms with van der Waals surface area (Å²) >= 11 is 12.0. The number of aryl methyl sites for hydroxylation is 3. The minimum absolute atomic E-state index is 0.00550. The molecule has 0 aliphatic rings. The SMILES string of the molecule is Cc1cc(CC(=O)O)c(-c2ccc(-c3sc(-c4ccc(-c5cc(CC(=O)O)c(-c6ccc(-c7sccc7C)s6)s5)s4)cc3C)s2)s1. The zero-order valence-electron chi connectivity index (χ0n) is 24.8. The van der Waals surface area contributed by atoms with Crippen molar-refractivity contribution in [3.8, 4) is 58.5 Å². The Morgan fingerprint density at radius 1 is 0.500 bits per heavy atom. The van der Waals surface area contributed by atoms with Crippen LogP contribution < -0.4 is 0 Å². The van der Waals surface area contributed by atoms with Crippen LogP contribution in [0.15, 0.2) is 66.0 Å².